The lowest BCUT2D eigenvalue weighted by atomic mass is 10.2. The molecule has 0 aliphatic rings. The number of rotatable bonds is 5. The van der Waals surface area contributed by atoms with Crippen LogP contribution in [0.15, 0.2) is 46.7 Å². The molecule has 0 radical (unpaired) electrons. The lowest BCUT2D eigenvalue weighted by Crippen LogP contribution is -2.41. The first-order valence-corrected chi connectivity index (χ1v) is 9.77. The van der Waals surface area contributed by atoms with E-state index in [-0.39, 0.29) is 16.5 Å². The molecule has 0 bridgehead atoms. The fourth-order valence-electron chi connectivity index (χ4n) is 1.90. The van der Waals surface area contributed by atoms with Crippen LogP contribution in [0.25, 0.3) is 0 Å². The molecule has 0 aliphatic carbocycles. The van der Waals surface area contributed by atoms with E-state index in [9.17, 15) is 18.0 Å². The van der Waals surface area contributed by atoms with E-state index in [1.807, 2.05) is 0 Å². The van der Waals surface area contributed by atoms with Crippen molar-refractivity contribution >= 4 is 33.2 Å². The highest BCUT2D eigenvalue weighted by molar-refractivity contribution is 7.89. The Labute approximate surface area is 150 Å². The minimum Gasteiger partial charge on any atom is -0.267 e. The molecule has 1 aromatic carbocycles. The Bertz CT molecular complexity index is 861. The maximum absolute atomic E-state index is 12.5. The van der Waals surface area contributed by atoms with E-state index in [0.29, 0.717) is 4.88 Å². The highest BCUT2D eigenvalue weighted by Crippen LogP contribution is 2.17. The Hall–Kier alpha value is -2.23. The molecule has 2 rings (SSSR count). The molecule has 2 N–H and O–H groups in total. The van der Waals surface area contributed by atoms with Crippen LogP contribution in [0, 0.1) is 0 Å². The van der Waals surface area contributed by atoms with Gasteiger partial charge >= 0.3 is 0 Å². The van der Waals surface area contributed by atoms with Gasteiger partial charge in [-0.2, -0.15) is 4.31 Å². The molecule has 0 spiro atoms. The topological polar surface area (TPSA) is 95.6 Å². The fourth-order valence-corrected chi connectivity index (χ4v) is 3.93. The van der Waals surface area contributed by atoms with Crippen LogP contribution in [0.4, 0.5) is 0 Å². The monoisotopic (exact) mass is 381 g/mol. The van der Waals surface area contributed by atoms with E-state index >= 15 is 0 Å². The molecular formula is C16H19N3O4S2. The van der Waals surface area contributed by atoms with Crippen LogP contribution in [0.1, 0.15) is 33.9 Å². The lowest BCUT2D eigenvalue weighted by Gasteiger charge is -2.21. The average molecular weight is 381 g/mol. The first kappa shape index (κ1) is 19.1. The molecule has 9 heteroatoms. The Balaban J connectivity index is 2.13. The molecule has 0 atom stereocenters. The summed E-state index contributed by atoms with van der Waals surface area (Å²) >= 11 is 1.24. The number of hydrogen-bond donors (Lipinski definition) is 2. The summed E-state index contributed by atoms with van der Waals surface area (Å²) in [7, 11) is -2.21. The maximum atomic E-state index is 12.5. The number of thiophene rings is 1. The molecule has 0 saturated heterocycles. The summed E-state index contributed by atoms with van der Waals surface area (Å²) in [4.78, 5) is 24.5. The van der Waals surface area contributed by atoms with E-state index in [1.165, 1.54) is 47.0 Å². The number of carbonyl (C=O) groups excluding carboxylic acids is 2. The van der Waals surface area contributed by atoms with Crippen molar-refractivity contribution in [3.05, 3.63) is 52.2 Å². The van der Waals surface area contributed by atoms with Gasteiger partial charge in [-0.05, 0) is 43.5 Å². The largest absolute Gasteiger partial charge is 0.279 e. The van der Waals surface area contributed by atoms with Crippen molar-refractivity contribution in [3.8, 4) is 0 Å². The van der Waals surface area contributed by atoms with E-state index in [0.717, 1.165) is 0 Å². The molecule has 1 aromatic heterocycles. The number of nitrogens with one attached hydrogen (secondary N) is 2. The SMILES string of the molecule is CC(C)N(C)S(=O)(=O)c1cccc(C(=O)NNC(=O)c2cccs2)c1. The van der Waals surface area contributed by atoms with Crippen molar-refractivity contribution in [1.29, 1.82) is 0 Å². The van der Waals surface area contributed by atoms with Gasteiger partial charge in [-0.3, -0.25) is 20.4 Å². The van der Waals surface area contributed by atoms with Gasteiger partial charge in [0.25, 0.3) is 11.8 Å². The highest BCUT2D eigenvalue weighted by Gasteiger charge is 2.24. The molecule has 25 heavy (non-hydrogen) atoms. The predicted octanol–water partition coefficient (Wildman–Crippen LogP) is 1.85. The third-order valence-corrected chi connectivity index (χ3v) is 6.43. The van der Waals surface area contributed by atoms with Gasteiger partial charge in [0.1, 0.15) is 0 Å². The third kappa shape index (κ3) is 4.44. The van der Waals surface area contributed by atoms with Gasteiger partial charge in [0.15, 0.2) is 0 Å². The molecular weight excluding hydrogens is 362 g/mol. The summed E-state index contributed by atoms with van der Waals surface area (Å²) in [5.74, 6) is -1.04. The smallest absolute Gasteiger partial charge is 0.267 e. The summed E-state index contributed by atoms with van der Waals surface area (Å²) < 4.78 is 26.2. The molecule has 134 valence electrons. The van der Waals surface area contributed by atoms with Gasteiger partial charge in [0, 0.05) is 18.7 Å². The number of amides is 2. The van der Waals surface area contributed by atoms with Gasteiger partial charge < -0.3 is 0 Å². The van der Waals surface area contributed by atoms with Crippen molar-refractivity contribution in [3.63, 3.8) is 0 Å². The molecule has 0 aliphatic heterocycles. The van der Waals surface area contributed by atoms with Crippen LogP contribution >= 0.6 is 11.3 Å². The molecule has 1 heterocycles. The minimum absolute atomic E-state index is 0.0148. The zero-order chi connectivity index (χ0) is 18.6. The Morgan fingerprint density at radius 2 is 1.76 bits per heavy atom. The van der Waals surface area contributed by atoms with Gasteiger partial charge in [0.05, 0.1) is 9.77 Å². The van der Waals surface area contributed by atoms with Crippen LogP contribution in [-0.4, -0.2) is 37.6 Å². The molecule has 7 nitrogen and oxygen atoms in total. The van der Waals surface area contributed by atoms with Crippen molar-refractivity contribution < 1.29 is 18.0 Å². The number of carbonyl (C=O) groups is 2. The summed E-state index contributed by atoms with van der Waals surface area (Å²) in [5, 5.41) is 1.75. The van der Waals surface area contributed by atoms with Crippen LogP contribution in [0.3, 0.4) is 0 Å². The zero-order valence-corrected chi connectivity index (χ0v) is 15.6. The van der Waals surface area contributed by atoms with E-state index in [4.69, 9.17) is 0 Å². The first-order valence-electron chi connectivity index (χ1n) is 7.45. The van der Waals surface area contributed by atoms with Crippen LogP contribution in [0.2, 0.25) is 0 Å². The second kappa shape index (κ2) is 7.77. The van der Waals surface area contributed by atoms with Crippen molar-refractivity contribution in [2.75, 3.05) is 7.05 Å². The van der Waals surface area contributed by atoms with Gasteiger partial charge in [0.2, 0.25) is 10.0 Å². The summed E-state index contributed by atoms with van der Waals surface area (Å²) in [6, 6.07) is 8.79. The van der Waals surface area contributed by atoms with Crippen molar-refractivity contribution in [2.45, 2.75) is 24.8 Å². The zero-order valence-electron chi connectivity index (χ0n) is 14.0. The minimum atomic E-state index is -3.69. The molecule has 0 saturated carbocycles. The fraction of sp³-hybridized carbons (Fsp3) is 0.250. The van der Waals surface area contributed by atoms with Crippen LogP contribution in [-0.2, 0) is 10.0 Å². The van der Waals surface area contributed by atoms with Crippen LogP contribution < -0.4 is 10.9 Å². The van der Waals surface area contributed by atoms with Gasteiger partial charge in [-0.25, -0.2) is 8.42 Å². The Morgan fingerprint density at radius 1 is 1.08 bits per heavy atom. The first-order chi connectivity index (χ1) is 11.7. The standard InChI is InChI=1S/C16H19N3O4S2/c1-11(2)19(3)25(22,23)13-7-4-6-12(10-13)15(20)17-18-16(21)14-8-5-9-24-14/h4-11H,1-3H3,(H,17,20)(H,18,21). The normalized spacial score (nSPS) is 11.6. The molecule has 0 fully saturated rings. The number of hydrazine groups is 1. The van der Waals surface area contributed by atoms with E-state index in [2.05, 4.69) is 10.9 Å². The number of nitrogens with zero attached hydrogens (tertiary/aromatic N) is 1. The second-order valence-electron chi connectivity index (χ2n) is 5.53. The molecule has 2 amide bonds. The molecule has 0 unspecified atom stereocenters. The predicted molar refractivity (Wildman–Crippen MR) is 95.8 cm³/mol. The van der Waals surface area contributed by atoms with Crippen LogP contribution in [0.5, 0.6) is 0 Å². The van der Waals surface area contributed by atoms with Gasteiger partial charge in [-0.1, -0.05) is 12.1 Å². The Morgan fingerprint density at radius 3 is 2.36 bits per heavy atom. The Kier molecular flexibility index (Phi) is 5.93. The summed E-state index contributed by atoms with van der Waals surface area (Å²) in [6.07, 6.45) is 0. The lowest BCUT2D eigenvalue weighted by molar-refractivity contribution is 0.0849. The average Bonchev–Trinajstić information content (AvgIpc) is 3.13. The number of sulfonamides is 1. The highest BCUT2D eigenvalue weighted by atomic mass is 32.2. The third-order valence-electron chi connectivity index (χ3n) is 3.53. The summed E-state index contributed by atoms with van der Waals surface area (Å²) in [5.41, 5.74) is 4.70. The summed E-state index contributed by atoms with van der Waals surface area (Å²) in [6.45, 7) is 3.52. The number of benzene rings is 1. The maximum Gasteiger partial charge on any atom is 0.279 e. The number of hydrogen-bond acceptors (Lipinski definition) is 5. The quantitative estimate of drug-likeness (QED) is 0.773. The van der Waals surface area contributed by atoms with Crippen molar-refractivity contribution in [1.82, 2.24) is 15.2 Å². The molecule has 2 aromatic rings. The second-order valence-corrected chi connectivity index (χ2v) is 8.47. The van der Waals surface area contributed by atoms with Gasteiger partial charge in [-0.15, -0.1) is 11.3 Å². The van der Waals surface area contributed by atoms with E-state index in [1.54, 1.807) is 31.4 Å². The van der Waals surface area contributed by atoms with Crippen molar-refractivity contribution in [2.24, 2.45) is 0 Å². The van der Waals surface area contributed by atoms with E-state index < -0.39 is 21.8 Å².